The molecule has 0 aliphatic rings. The van der Waals surface area contributed by atoms with E-state index in [1.807, 2.05) is 26.0 Å². The van der Waals surface area contributed by atoms with Crippen LogP contribution in [0.1, 0.15) is 28.7 Å². The van der Waals surface area contributed by atoms with Crippen molar-refractivity contribution in [3.05, 3.63) is 61.7 Å². The van der Waals surface area contributed by atoms with Gasteiger partial charge in [0.1, 0.15) is 5.75 Å². The van der Waals surface area contributed by atoms with E-state index in [0.717, 1.165) is 25.2 Å². The van der Waals surface area contributed by atoms with Crippen molar-refractivity contribution >= 4 is 82.0 Å². The molecule has 0 spiro atoms. The Morgan fingerprint density at radius 2 is 1.55 bits per heavy atom. The number of phenols is 1. The van der Waals surface area contributed by atoms with Crippen molar-refractivity contribution in [2.24, 2.45) is 0 Å². The van der Waals surface area contributed by atoms with Crippen LogP contribution >= 0.6 is 71.0 Å². The minimum Gasteiger partial charge on any atom is -0.506 e. The molecular formula is C22H29Br3Cl2O4. The maximum Gasteiger partial charge on any atom is 0.167 e. The number of rotatable bonds is 5. The fourth-order valence-electron chi connectivity index (χ4n) is 1.99. The van der Waals surface area contributed by atoms with Crippen molar-refractivity contribution in [2.45, 2.75) is 35.0 Å². The summed E-state index contributed by atoms with van der Waals surface area (Å²) >= 11 is 21.2. The van der Waals surface area contributed by atoms with Crippen LogP contribution in [0.15, 0.2) is 56.0 Å². The molecule has 31 heavy (non-hydrogen) atoms. The van der Waals surface area contributed by atoms with Gasteiger partial charge in [-0.15, -0.1) is 0 Å². The van der Waals surface area contributed by atoms with Gasteiger partial charge in [-0.25, -0.2) is 0 Å². The lowest BCUT2D eigenvalue weighted by Crippen LogP contribution is -2.18. The van der Waals surface area contributed by atoms with Crippen LogP contribution in [0.2, 0.25) is 10.0 Å². The molecule has 4 nitrogen and oxygen atoms in total. The summed E-state index contributed by atoms with van der Waals surface area (Å²) < 4.78 is 17.3. The number of hydrogen-bond donors (Lipinski definition) is 1. The van der Waals surface area contributed by atoms with Crippen LogP contribution in [-0.2, 0) is 9.47 Å². The summed E-state index contributed by atoms with van der Waals surface area (Å²) in [5.41, 5.74) is 0.737. The topological polar surface area (TPSA) is 51.8 Å². The number of benzene rings is 2. The van der Waals surface area contributed by atoms with Crippen molar-refractivity contribution in [3.8, 4) is 5.75 Å². The molecule has 0 fully saturated rings. The number of hydrogen-bond acceptors (Lipinski definition) is 4. The fourth-order valence-corrected chi connectivity index (χ4v) is 3.48. The van der Waals surface area contributed by atoms with Gasteiger partial charge >= 0.3 is 0 Å². The molecule has 1 N–H and O–H groups in total. The third-order valence-electron chi connectivity index (χ3n) is 3.25. The summed E-state index contributed by atoms with van der Waals surface area (Å²) in [4.78, 5) is 0. The summed E-state index contributed by atoms with van der Waals surface area (Å²) in [6, 6.07) is 10.5. The molecule has 176 valence electrons. The summed E-state index contributed by atoms with van der Waals surface area (Å²) in [6.07, 6.45) is 1.56. The maximum atomic E-state index is 8.94. The Hall–Kier alpha value is -0.280. The van der Waals surface area contributed by atoms with Crippen molar-refractivity contribution in [3.63, 3.8) is 0 Å². The molecule has 0 atom stereocenters. The zero-order valence-electron chi connectivity index (χ0n) is 15.8. The number of fused-ring (bicyclic) bond motifs is 1. The Labute approximate surface area is 220 Å². The standard InChI is InChI=1S/C8H4BrClO.C6H4BrClO.C6H13BrO2.2CH4/c9-6-1-2-7(10)8-5(6)3-4-11-8;7-4-1-2-5(8)6(9)3-4;1-3-8-6(5-7)9-4-2;;/h1-4H;1-3,9H;6H,3-5H2,1-2H3;2*1H4. The molecule has 0 unspecified atom stereocenters. The first kappa shape index (κ1) is 32.9. The Bertz CT molecular complexity index is 833. The molecule has 0 aliphatic carbocycles. The second-order valence-corrected chi connectivity index (χ2v) is 8.51. The van der Waals surface area contributed by atoms with E-state index in [9.17, 15) is 0 Å². The first-order valence-electron chi connectivity index (χ1n) is 8.58. The summed E-state index contributed by atoms with van der Waals surface area (Å²) in [7, 11) is 0. The zero-order chi connectivity index (χ0) is 21.8. The van der Waals surface area contributed by atoms with Crippen LogP contribution in [0, 0.1) is 0 Å². The normalized spacial score (nSPS) is 9.68. The first-order chi connectivity index (χ1) is 13.8. The highest BCUT2D eigenvalue weighted by Crippen LogP contribution is 2.30. The molecule has 3 rings (SSSR count). The molecule has 9 heteroatoms. The smallest absolute Gasteiger partial charge is 0.167 e. The number of aromatic hydroxyl groups is 1. The lowest BCUT2D eigenvalue weighted by molar-refractivity contribution is -0.119. The molecule has 0 bridgehead atoms. The summed E-state index contributed by atoms with van der Waals surface area (Å²) in [6.45, 7) is 5.32. The van der Waals surface area contributed by atoms with Gasteiger partial charge in [0.05, 0.1) is 21.6 Å². The highest BCUT2D eigenvalue weighted by Gasteiger charge is 2.04. The van der Waals surface area contributed by atoms with E-state index >= 15 is 0 Å². The van der Waals surface area contributed by atoms with Crippen molar-refractivity contribution in [2.75, 3.05) is 18.5 Å². The van der Waals surface area contributed by atoms with Crippen LogP contribution in [0.5, 0.6) is 5.75 Å². The van der Waals surface area contributed by atoms with Gasteiger partial charge in [0.25, 0.3) is 0 Å². The third-order valence-corrected chi connectivity index (χ3v) is 5.59. The largest absolute Gasteiger partial charge is 0.506 e. The van der Waals surface area contributed by atoms with Gasteiger partial charge in [-0.1, -0.05) is 85.8 Å². The van der Waals surface area contributed by atoms with Gasteiger partial charge in [-0.05, 0) is 50.2 Å². The Morgan fingerprint density at radius 3 is 2.00 bits per heavy atom. The number of ether oxygens (including phenoxy) is 2. The highest BCUT2D eigenvalue weighted by molar-refractivity contribution is 9.11. The van der Waals surface area contributed by atoms with Crippen molar-refractivity contribution in [1.82, 2.24) is 0 Å². The quantitative estimate of drug-likeness (QED) is 0.217. The second-order valence-electron chi connectivity index (χ2n) is 5.28. The molecule has 0 aliphatic heterocycles. The van der Waals surface area contributed by atoms with Crippen LogP contribution in [0.3, 0.4) is 0 Å². The molecule has 3 aromatic rings. The Kier molecular flexibility index (Phi) is 19.3. The molecule has 2 aromatic carbocycles. The Balaban J connectivity index is 0. The molecular weight excluding hydrogens is 639 g/mol. The minimum absolute atomic E-state index is 0. The first-order valence-corrected chi connectivity index (χ1v) is 12.0. The minimum atomic E-state index is -0.0694. The van der Waals surface area contributed by atoms with Gasteiger partial charge < -0.3 is 19.0 Å². The van der Waals surface area contributed by atoms with E-state index in [1.165, 1.54) is 0 Å². The molecule has 0 saturated heterocycles. The van der Waals surface area contributed by atoms with Crippen LogP contribution < -0.4 is 0 Å². The molecule has 1 aromatic heterocycles. The summed E-state index contributed by atoms with van der Waals surface area (Å²) in [5, 5.41) is 11.7. The fraction of sp³-hybridized carbons (Fsp3) is 0.364. The molecule has 1 heterocycles. The SMILES string of the molecule is C.C.CCOC(CBr)OCC.Clc1ccc(Br)c2ccoc12.Oc1cc(Br)ccc1Cl. The van der Waals surface area contributed by atoms with Crippen molar-refractivity contribution in [1.29, 1.82) is 0 Å². The van der Waals surface area contributed by atoms with Crippen LogP contribution in [0.4, 0.5) is 0 Å². The number of halogens is 5. The van der Waals surface area contributed by atoms with Gasteiger partial charge in [-0.3, -0.25) is 0 Å². The average Bonchev–Trinajstić information content (AvgIpc) is 3.20. The number of alkyl halides is 1. The zero-order valence-corrected chi connectivity index (χ0v) is 22.1. The van der Waals surface area contributed by atoms with Gasteiger partial charge in [0, 0.05) is 27.5 Å². The van der Waals surface area contributed by atoms with E-state index in [4.69, 9.17) is 42.2 Å². The van der Waals surface area contributed by atoms with Crippen molar-refractivity contribution < 1.29 is 19.0 Å². The summed E-state index contributed by atoms with van der Waals surface area (Å²) in [5.74, 6) is 0.103. The van der Waals surface area contributed by atoms with E-state index in [2.05, 4.69) is 47.8 Å². The Morgan fingerprint density at radius 1 is 0.968 bits per heavy atom. The van der Waals surface area contributed by atoms with E-state index < -0.39 is 0 Å². The van der Waals surface area contributed by atoms with Gasteiger partial charge in [-0.2, -0.15) is 0 Å². The number of furan rings is 1. The number of phenolic OH excluding ortho intramolecular Hbond substituents is 1. The van der Waals surface area contributed by atoms with Crippen LogP contribution in [0.25, 0.3) is 11.0 Å². The third kappa shape index (κ3) is 11.9. The lowest BCUT2D eigenvalue weighted by Gasteiger charge is -2.12. The van der Waals surface area contributed by atoms with E-state index in [0.29, 0.717) is 23.3 Å². The monoisotopic (exact) mass is 664 g/mol. The van der Waals surface area contributed by atoms with Gasteiger partial charge in [0.2, 0.25) is 0 Å². The van der Waals surface area contributed by atoms with E-state index in [1.54, 1.807) is 30.5 Å². The van der Waals surface area contributed by atoms with E-state index in [-0.39, 0.29) is 26.9 Å². The second kappa shape index (κ2) is 18.2. The van der Waals surface area contributed by atoms with Crippen LogP contribution in [-0.4, -0.2) is 29.9 Å². The van der Waals surface area contributed by atoms with Gasteiger partial charge in [0.15, 0.2) is 11.9 Å². The average molecular weight is 668 g/mol. The molecule has 0 saturated carbocycles. The molecule has 0 radical (unpaired) electrons. The predicted octanol–water partition coefficient (Wildman–Crippen LogP) is 9.71. The molecule has 0 amide bonds. The highest BCUT2D eigenvalue weighted by atomic mass is 79.9. The predicted molar refractivity (Wildman–Crippen MR) is 144 cm³/mol. The lowest BCUT2D eigenvalue weighted by atomic mass is 10.3. The maximum absolute atomic E-state index is 8.94.